The summed E-state index contributed by atoms with van der Waals surface area (Å²) in [6.07, 6.45) is 5.87. The van der Waals surface area contributed by atoms with E-state index in [2.05, 4.69) is 34.8 Å². The Balaban J connectivity index is 2.25. The molecule has 0 amide bonds. The summed E-state index contributed by atoms with van der Waals surface area (Å²) in [7, 11) is -3.42. The zero-order valence-electron chi connectivity index (χ0n) is 11.3. The van der Waals surface area contributed by atoms with Crippen LogP contribution in [0, 0.1) is 5.41 Å². The molecule has 0 atom stereocenters. The van der Waals surface area contributed by atoms with Crippen molar-refractivity contribution in [2.24, 2.45) is 5.41 Å². The van der Waals surface area contributed by atoms with E-state index in [9.17, 15) is 8.42 Å². The van der Waals surface area contributed by atoms with E-state index in [1.807, 2.05) is 0 Å². The van der Waals surface area contributed by atoms with E-state index in [-0.39, 0.29) is 10.3 Å². The highest BCUT2D eigenvalue weighted by atomic mass is 79.9. The highest BCUT2D eigenvalue weighted by molar-refractivity contribution is 9.10. The second kappa shape index (κ2) is 5.50. The quantitative estimate of drug-likeness (QED) is 0.826. The number of aromatic nitrogens is 1. The zero-order valence-corrected chi connectivity index (χ0v) is 13.7. The molecule has 0 unspecified atom stereocenters. The summed E-state index contributed by atoms with van der Waals surface area (Å²) in [5.41, 5.74) is 0.222. The molecule has 1 saturated heterocycles. The molecule has 1 aliphatic heterocycles. The Morgan fingerprint density at radius 3 is 2.68 bits per heavy atom. The molecule has 1 aliphatic rings. The second-order valence-corrected chi connectivity index (χ2v) is 8.61. The van der Waals surface area contributed by atoms with Crippen LogP contribution in [0.4, 0.5) is 0 Å². The number of sulfonamides is 1. The highest BCUT2D eigenvalue weighted by Gasteiger charge is 2.30. The van der Waals surface area contributed by atoms with Crippen molar-refractivity contribution in [3.63, 3.8) is 0 Å². The average Bonchev–Trinajstić information content (AvgIpc) is 2.50. The fourth-order valence-corrected chi connectivity index (χ4v) is 4.31. The van der Waals surface area contributed by atoms with Gasteiger partial charge in [0, 0.05) is 30.0 Å². The van der Waals surface area contributed by atoms with Gasteiger partial charge < -0.3 is 0 Å². The Morgan fingerprint density at radius 1 is 1.26 bits per heavy atom. The lowest BCUT2D eigenvalue weighted by Gasteiger charge is -2.23. The summed E-state index contributed by atoms with van der Waals surface area (Å²) in [5.74, 6) is 0. The monoisotopic (exact) mass is 346 g/mol. The van der Waals surface area contributed by atoms with Crippen molar-refractivity contribution in [3.05, 3.63) is 22.9 Å². The molecule has 0 aliphatic carbocycles. The van der Waals surface area contributed by atoms with Crippen LogP contribution in [0.5, 0.6) is 0 Å². The molecule has 1 aromatic rings. The van der Waals surface area contributed by atoms with Gasteiger partial charge in [0.2, 0.25) is 10.0 Å². The molecule has 2 heterocycles. The van der Waals surface area contributed by atoms with E-state index < -0.39 is 10.0 Å². The van der Waals surface area contributed by atoms with Gasteiger partial charge in [-0.25, -0.2) is 8.42 Å². The van der Waals surface area contributed by atoms with Crippen molar-refractivity contribution in [3.8, 4) is 0 Å². The maximum atomic E-state index is 12.6. The molecule has 6 heteroatoms. The van der Waals surface area contributed by atoms with E-state index in [1.165, 1.54) is 6.20 Å². The van der Waals surface area contributed by atoms with E-state index in [0.29, 0.717) is 17.6 Å². The zero-order chi connectivity index (χ0) is 14.1. The minimum Gasteiger partial charge on any atom is -0.262 e. The largest absolute Gasteiger partial charge is 0.262 e. The van der Waals surface area contributed by atoms with E-state index in [1.54, 1.807) is 16.6 Å². The van der Waals surface area contributed by atoms with Crippen LogP contribution in [-0.4, -0.2) is 30.8 Å². The van der Waals surface area contributed by atoms with Gasteiger partial charge >= 0.3 is 0 Å². The lowest BCUT2D eigenvalue weighted by atomic mass is 9.85. The molecule has 2 rings (SSSR count). The van der Waals surface area contributed by atoms with Gasteiger partial charge in [0.15, 0.2) is 0 Å². The van der Waals surface area contributed by atoms with Gasteiger partial charge in [0.05, 0.1) is 0 Å². The lowest BCUT2D eigenvalue weighted by Crippen LogP contribution is -2.32. The van der Waals surface area contributed by atoms with Crippen LogP contribution in [0.3, 0.4) is 0 Å². The molecule has 0 N–H and O–H groups in total. The minimum absolute atomic E-state index is 0.222. The first kappa shape index (κ1) is 14.9. The molecule has 0 radical (unpaired) electrons. The molecule has 0 saturated carbocycles. The van der Waals surface area contributed by atoms with Crippen molar-refractivity contribution in [2.75, 3.05) is 13.1 Å². The molecule has 1 aromatic heterocycles. The predicted molar refractivity (Wildman–Crippen MR) is 78.3 cm³/mol. The third kappa shape index (κ3) is 3.55. The van der Waals surface area contributed by atoms with Gasteiger partial charge in [0.1, 0.15) is 4.90 Å². The van der Waals surface area contributed by atoms with Crippen LogP contribution in [0.25, 0.3) is 0 Å². The topological polar surface area (TPSA) is 50.3 Å². The fraction of sp³-hybridized carbons (Fsp3) is 0.615. The van der Waals surface area contributed by atoms with Crippen molar-refractivity contribution in [2.45, 2.75) is 38.0 Å². The average molecular weight is 347 g/mol. The number of hydrogen-bond donors (Lipinski definition) is 0. The smallest absolute Gasteiger partial charge is 0.244 e. The van der Waals surface area contributed by atoms with Crippen LogP contribution in [0.15, 0.2) is 27.8 Å². The summed E-state index contributed by atoms with van der Waals surface area (Å²) >= 11 is 3.27. The Labute approximate surface area is 123 Å². The molecule has 0 bridgehead atoms. The highest BCUT2D eigenvalue weighted by Crippen LogP contribution is 2.31. The van der Waals surface area contributed by atoms with Crippen molar-refractivity contribution < 1.29 is 8.42 Å². The lowest BCUT2D eigenvalue weighted by molar-refractivity contribution is 0.315. The third-order valence-corrected chi connectivity index (χ3v) is 5.91. The molecule has 19 heavy (non-hydrogen) atoms. The Bertz CT molecular complexity index is 558. The minimum atomic E-state index is -3.42. The summed E-state index contributed by atoms with van der Waals surface area (Å²) < 4.78 is 27.4. The molecule has 106 valence electrons. The number of pyridine rings is 1. The molecule has 0 spiro atoms. The van der Waals surface area contributed by atoms with Crippen LogP contribution >= 0.6 is 15.9 Å². The standard InChI is InChI=1S/C13H19BrN2O2S/c1-13(2)4-3-6-16(7-5-13)19(17,18)12-8-11(14)9-15-10-12/h8-10H,3-7H2,1-2H3. The molecular formula is C13H19BrN2O2S. The molecule has 4 nitrogen and oxygen atoms in total. The normalized spacial score (nSPS) is 21.0. The van der Waals surface area contributed by atoms with E-state index >= 15 is 0 Å². The summed E-state index contributed by atoms with van der Waals surface area (Å²) in [4.78, 5) is 4.21. The van der Waals surface area contributed by atoms with Crippen molar-refractivity contribution in [1.82, 2.24) is 9.29 Å². The predicted octanol–water partition coefficient (Wildman–Crippen LogP) is 3.04. The summed E-state index contributed by atoms with van der Waals surface area (Å²) in [6.45, 7) is 5.58. The van der Waals surface area contributed by atoms with Crippen LogP contribution < -0.4 is 0 Å². The Morgan fingerprint density at radius 2 is 2.00 bits per heavy atom. The first-order chi connectivity index (χ1) is 8.81. The number of nitrogens with zero attached hydrogens (tertiary/aromatic N) is 2. The maximum Gasteiger partial charge on any atom is 0.244 e. The Kier molecular flexibility index (Phi) is 4.32. The van der Waals surface area contributed by atoms with E-state index in [4.69, 9.17) is 0 Å². The first-order valence-electron chi connectivity index (χ1n) is 6.42. The summed E-state index contributed by atoms with van der Waals surface area (Å²) in [5, 5.41) is 0. The second-order valence-electron chi connectivity index (χ2n) is 5.76. The molecular weight excluding hydrogens is 328 g/mol. The van der Waals surface area contributed by atoms with Gasteiger partial charge in [-0.15, -0.1) is 0 Å². The number of halogens is 1. The van der Waals surface area contributed by atoms with Gasteiger partial charge in [-0.05, 0) is 46.7 Å². The first-order valence-corrected chi connectivity index (χ1v) is 8.65. The SMILES string of the molecule is CC1(C)CCCN(S(=O)(=O)c2cncc(Br)c2)CC1. The Hall–Kier alpha value is -0.460. The third-order valence-electron chi connectivity index (χ3n) is 3.62. The number of rotatable bonds is 2. The fourth-order valence-electron chi connectivity index (χ4n) is 2.32. The number of hydrogen-bond acceptors (Lipinski definition) is 3. The van der Waals surface area contributed by atoms with Crippen LogP contribution in [-0.2, 0) is 10.0 Å². The van der Waals surface area contributed by atoms with Gasteiger partial charge in [-0.2, -0.15) is 4.31 Å². The van der Waals surface area contributed by atoms with Gasteiger partial charge in [0.25, 0.3) is 0 Å². The molecule has 0 aromatic carbocycles. The van der Waals surface area contributed by atoms with E-state index in [0.717, 1.165) is 19.3 Å². The van der Waals surface area contributed by atoms with Crippen molar-refractivity contribution in [1.29, 1.82) is 0 Å². The van der Waals surface area contributed by atoms with Gasteiger partial charge in [-0.3, -0.25) is 4.98 Å². The molecule has 1 fully saturated rings. The van der Waals surface area contributed by atoms with Crippen molar-refractivity contribution >= 4 is 26.0 Å². The van der Waals surface area contributed by atoms with Crippen LogP contribution in [0.2, 0.25) is 0 Å². The van der Waals surface area contributed by atoms with Gasteiger partial charge in [-0.1, -0.05) is 13.8 Å². The van der Waals surface area contributed by atoms with Crippen LogP contribution in [0.1, 0.15) is 33.1 Å². The maximum absolute atomic E-state index is 12.6. The summed E-state index contributed by atoms with van der Waals surface area (Å²) in [6, 6.07) is 1.61.